The summed E-state index contributed by atoms with van der Waals surface area (Å²) in [7, 11) is 0. The second-order valence-corrected chi connectivity index (χ2v) is 4.66. The molecule has 94 valence electrons. The van der Waals surface area contributed by atoms with Gasteiger partial charge in [-0.3, -0.25) is 9.78 Å². The smallest absolute Gasteiger partial charge is 0.255 e. The van der Waals surface area contributed by atoms with E-state index in [0.29, 0.717) is 12.1 Å². The zero-order chi connectivity index (χ0) is 13.2. The van der Waals surface area contributed by atoms with Crippen LogP contribution in [0.4, 0.5) is 0 Å². The van der Waals surface area contributed by atoms with E-state index in [1.807, 2.05) is 24.3 Å². The van der Waals surface area contributed by atoms with Crippen LogP contribution < -0.4 is 0 Å². The van der Waals surface area contributed by atoms with E-state index in [1.165, 1.54) is 0 Å². The number of hydrogen-bond donors (Lipinski definition) is 0. The fourth-order valence-electron chi connectivity index (χ4n) is 2.59. The van der Waals surface area contributed by atoms with Gasteiger partial charge in [0, 0.05) is 23.7 Å². The molecule has 1 saturated heterocycles. The number of carbonyl (C=O) groups excluding carboxylic acids is 1. The number of hydrogen-bond acceptors (Lipinski definition) is 3. The predicted molar refractivity (Wildman–Crippen MR) is 71.4 cm³/mol. The number of benzene rings is 1. The van der Waals surface area contributed by atoms with Crippen molar-refractivity contribution in [3.8, 4) is 6.07 Å². The number of pyridine rings is 1. The molecule has 1 aliphatic rings. The molecular formula is C15H13N3O. The van der Waals surface area contributed by atoms with Crippen LogP contribution in [0.1, 0.15) is 23.2 Å². The van der Waals surface area contributed by atoms with Gasteiger partial charge in [-0.15, -0.1) is 0 Å². The van der Waals surface area contributed by atoms with Crippen molar-refractivity contribution in [2.75, 3.05) is 6.54 Å². The molecular weight excluding hydrogens is 238 g/mol. The summed E-state index contributed by atoms with van der Waals surface area (Å²) in [5.74, 6) is -0.0670. The molecule has 19 heavy (non-hydrogen) atoms. The van der Waals surface area contributed by atoms with Crippen molar-refractivity contribution < 1.29 is 4.79 Å². The second-order valence-electron chi connectivity index (χ2n) is 4.66. The van der Waals surface area contributed by atoms with E-state index < -0.39 is 0 Å². The Balaban J connectivity index is 2.05. The van der Waals surface area contributed by atoms with E-state index in [4.69, 9.17) is 5.26 Å². The molecule has 0 saturated carbocycles. The highest BCUT2D eigenvalue weighted by Crippen LogP contribution is 2.23. The Morgan fingerprint density at radius 2 is 2.26 bits per heavy atom. The lowest BCUT2D eigenvalue weighted by atomic mass is 10.1. The van der Waals surface area contributed by atoms with Gasteiger partial charge in [0.25, 0.3) is 5.91 Å². The highest BCUT2D eigenvalue weighted by atomic mass is 16.2. The lowest BCUT2D eigenvalue weighted by Gasteiger charge is -2.20. The van der Waals surface area contributed by atoms with Crippen molar-refractivity contribution in [1.82, 2.24) is 9.88 Å². The minimum atomic E-state index is -0.292. The Morgan fingerprint density at radius 1 is 1.37 bits per heavy atom. The zero-order valence-corrected chi connectivity index (χ0v) is 10.4. The summed E-state index contributed by atoms with van der Waals surface area (Å²) in [5.41, 5.74) is 1.44. The Hall–Kier alpha value is -2.41. The normalized spacial score (nSPS) is 18.5. The molecule has 0 bridgehead atoms. The maximum atomic E-state index is 12.6. The van der Waals surface area contributed by atoms with Crippen LogP contribution in [0.2, 0.25) is 0 Å². The maximum Gasteiger partial charge on any atom is 0.255 e. The zero-order valence-electron chi connectivity index (χ0n) is 10.4. The van der Waals surface area contributed by atoms with Crippen molar-refractivity contribution in [3.05, 3.63) is 42.1 Å². The first-order valence-corrected chi connectivity index (χ1v) is 6.35. The highest BCUT2D eigenvalue weighted by molar-refractivity contribution is 6.06. The van der Waals surface area contributed by atoms with Gasteiger partial charge in [0.1, 0.15) is 6.04 Å². The Morgan fingerprint density at radius 3 is 3.11 bits per heavy atom. The van der Waals surface area contributed by atoms with Gasteiger partial charge in [0.2, 0.25) is 0 Å². The van der Waals surface area contributed by atoms with E-state index in [-0.39, 0.29) is 11.9 Å². The van der Waals surface area contributed by atoms with Crippen LogP contribution in [0.3, 0.4) is 0 Å². The summed E-state index contributed by atoms with van der Waals surface area (Å²) in [4.78, 5) is 18.5. The molecule has 1 aliphatic heterocycles. The number of fused-ring (bicyclic) bond motifs is 1. The molecule has 2 aromatic rings. The first-order valence-electron chi connectivity index (χ1n) is 6.35. The molecule has 1 atom stereocenters. The van der Waals surface area contributed by atoms with Gasteiger partial charge in [-0.25, -0.2) is 0 Å². The minimum absolute atomic E-state index is 0.0670. The van der Waals surface area contributed by atoms with Crippen LogP contribution >= 0.6 is 0 Å². The number of carbonyl (C=O) groups is 1. The van der Waals surface area contributed by atoms with Gasteiger partial charge in [-0.1, -0.05) is 12.1 Å². The van der Waals surface area contributed by atoms with E-state index in [1.54, 1.807) is 17.2 Å². The van der Waals surface area contributed by atoms with E-state index in [2.05, 4.69) is 11.1 Å². The number of aromatic nitrogens is 1. The molecule has 1 aromatic heterocycles. The summed E-state index contributed by atoms with van der Waals surface area (Å²) in [6, 6.07) is 11.2. The summed E-state index contributed by atoms with van der Waals surface area (Å²) < 4.78 is 0. The third-order valence-electron chi connectivity index (χ3n) is 3.54. The van der Waals surface area contributed by atoms with Gasteiger partial charge in [-0.2, -0.15) is 5.26 Å². The van der Waals surface area contributed by atoms with Gasteiger partial charge in [0.15, 0.2) is 0 Å². The van der Waals surface area contributed by atoms with Gasteiger partial charge >= 0.3 is 0 Å². The molecule has 1 fully saturated rings. The molecule has 4 nitrogen and oxygen atoms in total. The molecule has 3 rings (SSSR count). The van der Waals surface area contributed by atoms with Gasteiger partial charge in [-0.05, 0) is 31.0 Å². The summed E-state index contributed by atoms with van der Waals surface area (Å²) >= 11 is 0. The Kier molecular flexibility index (Phi) is 2.88. The molecule has 0 N–H and O–H groups in total. The molecule has 0 radical (unpaired) electrons. The topological polar surface area (TPSA) is 57.0 Å². The van der Waals surface area contributed by atoms with Crippen LogP contribution in [0.25, 0.3) is 10.9 Å². The lowest BCUT2D eigenvalue weighted by molar-refractivity contribution is 0.0767. The number of nitriles is 1. The molecule has 1 unspecified atom stereocenters. The average Bonchev–Trinajstić information content (AvgIpc) is 2.94. The maximum absolute atomic E-state index is 12.6. The Bertz CT molecular complexity index is 669. The number of likely N-dealkylation sites (tertiary alicyclic amines) is 1. The fourth-order valence-corrected chi connectivity index (χ4v) is 2.59. The standard InChI is InChI=1S/C15H13N3O/c16-10-11-4-3-9-18(11)15(19)13-5-1-7-14-12(13)6-2-8-17-14/h1-2,5-8,11H,3-4,9H2. The molecule has 4 heteroatoms. The quantitative estimate of drug-likeness (QED) is 0.781. The Labute approximate surface area is 111 Å². The van der Waals surface area contributed by atoms with Gasteiger partial charge in [0.05, 0.1) is 11.6 Å². The number of nitrogens with zero attached hydrogens (tertiary/aromatic N) is 3. The molecule has 2 heterocycles. The first kappa shape index (κ1) is 11.7. The largest absolute Gasteiger partial charge is 0.323 e. The van der Waals surface area contributed by atoms with E-state index >= 15 is 0 Å². The summed E-state index contributed by atoms with van der Waals surface area (Å²) in [6.07, 6.45) is 3.38. The molecule has 0 aliphatic carbocycles. The third kappa shape index (κ3) is 1.93. The van der Waals surface area contributed by atoms with Gasteiger partial charge < -0.3 is 4.90 Å². The predicted octanol–water partition coefficient (Wildman–Crippen LogP) is 2.36. The molecule has 1 aromatic carbocycles. The van der Waals surface area contributed by atoms with Crippen molar-refractivity contribution in [2.45, 2.75) is 18.9 Å². The SMILES string of the molecule is N#CC1CCCN1C(=O)c1cccc2ncccc12. The van der Waals surface area contributed by atoms with Crippen molar-refractivity contribution in [3.63, 3.8) is 0 Å². The van der Waals surface area contributed by atoms with Crippen LogP contribution in [0, 0.1) is 11.3 Å². The summed E-state index contributed by atoms with van der Waals surface area (Å²) in [5, 5.41) is 9.94. The lowest BCUT2D eigenvalue weighted by Crippen LogP contribution is -2.34. The monoisotopic (exact) mass is 251 g/mol. The third-order valence-corrected chi connectivity index (χ3v) is 3.54. The van der Waals surface area contributed by atoms with Crippen LogP contribution in [0.5, 0.6) is 0 Å². The minimum Gasteiger partial charge on any atom is -0.323 e. The highest BCUT2D eigenvalue weighted by Gasteiger charge is 2.29. The van der Waals surface area contributed by atoms with Crippen LogP contribution in [-0.2, 0) is 0 Å². The fraction of sp³-hybridized carbons (Fsp3) is 0.267. The van der Waals surface area contributed by atoms with Crippen molar-refractivity contribution in [2.24, 2.45) is 0 Å². The van der Waals surface area contributed by atoms with E-state index in [9.17, 15) is 4.79 Å². The molecule has 0 spiro atoms. The average molecular weight is 251 g/mol. The molecule has 1 amide bonds. The number of rotatable bonds is 1. The summed E-state index contributed by atoms with van der Waals surface area (Å²) in [6.45, 7) is 0.660. The van der Waals surface area contributed by atoms with Crippen molar-refractivity contribution in [1.29, 1.82) is 5.26 Å². The second kappa shape index (κ2) is 4.69. The van der Waals surface area contributed by atoms with E-state index in [0.717, 1.165) is 23.7 Å². The van der Waals surface area contributed by atoms with Crippen LogP contribution in [0.15, 0.2) is 36.5 Å². The van der Waals surface area contributed by atoms with Crippen LogP contribution in [-0.4, -0.2) is 28.4 Å². The number of amides is 1. The first-order chi connectivity index (χ1) is 9.31. The van der Waals surface area contributed by atoms with Crippen molar-refractivity contribution >= 4 is 16.8 Å².